The van der Waals surface area contributed by atoms with Gasteiger partial charge in [0.05, 0.1) is 18.4 Å². The van der Waals surface area contributed by atoms with Gasteiger partial charge in [0.15, 0.2) is 0 Å². The summed E-state index contributed by atoms with van der Waals surface area (Å²) in [5.74, 6) is 0.766. The van der Waals surface area contributed by atoms with E-state index in [1.165, 1.54) is 0 Å². The molecule has 0 saturated carbocycles. The molecule has 6 nitrogen and oxygen atoms in total. The van der Waals surface area contributed by atoms with E-state index in [0.29, 0.717) is 19.7 Å². The van der Waals surface area contributed by atoms with E-state index in [-0.39, 0.29) is 5.54 Å². The van der Waals surface area contributed by atoms with Crippen LogP contribution in [0.2, 0.25) is 0 Å². The standard InChI is InChI=1S/C14H21N5O/c1-14(2,3)16-9-12-11-19(18-17-12)7-8-20-13-5-4-6-15-10-13/h4-6,10-11,16H,7-9H2,1-3H3. The lowest BCUT2D eigenvalue weighted by atomic mass is 10.1. The quantitative estimate of drug-likeness (QED) is 0.868. The average Bonchev–Trinajstić information content (AvgIpc) is 2.85. The molecule has 1 N–H and O–H groups in total. The molecule has 0 aromatic carbocycles. The molecule has 2 aromatic heterocycles. The van der Waals surface area contributed by atoms with Gasteiger partial charge in [-0.2, -0.15) is 0 Å². The van der Waals surface area contributed by atoms with E-state index in [4.69, 9.17) is 4.74 Å². The van der Waals surface area contributed by atoms with Crippen LogP contribution in [0.5, 0.6) is 5.75 Å². The molecule has 108 valence electrons. The lowest BCUT2D eigenvalue weighted by Gasteiger charge is -2.19. The molecule has 2 aromatic rings. The van der Waals surface area contributed by atoms with E-state index < -0.39 is 0 Å². The summed E-state index contributed by atoms with van der Waals surface area (Å²) in [5.41, 5.74) is 1.01. The summed E-state index contributed by atoms with van der Waals surface area (Å²) in [4.78, 5) is 3.99. The first kappa shape index (κ1) is 14.5. The van der Waals surface area contributed by atoms with E-state index in [0.717, 1.165) is 11.4 Å². The van der Waals surface area contributed by atoms with E-state index in [9.17, 15) is 0 Å². The largest absolute Gasteiger partial charge is 0.490 e. The lowest BCUT2D eigenvalue weighted by Crippen LogP contribution is -2.35. The van der Waals surface area contributed by atoms with Crippen molar-refractivity contribution in [2.45, 2.75) is 39.4 Å². The highest BCUT2D eigenvalue weighted by molar-refractivity contribution is 5.15. The molecule has 0 spiro atoms. The lowest BCUT2D eigenvalue weighted by molar-refractivity contribution is 0.288. The van der Waals surface area contributed by atoms with Crippen molar-refractivity contribution < 1.29 is 4.74 Å². The van der Waals surface area contributed by atoms with Gasteiger partial charge in [0, 0.05) is 24.5 Å². The predicted octanol–water partition coefficient (Wildman–Crippen LogP) is 1.64. The fraction of sp³-hybridized carbons (Fsp3) is 0.500. The molecule has 0 aliphatic carbocycles. The third kappa shape index (κ3) is 4.97. The Bertz CT molecular complexity index is 518. The van der Waals surface area contributed by atoms with Crippen molar-refractivity contribution >= 4 is 0 Å². The molecule has 0 amide bonds. The topological polar surface area (TPSA) is 64.9 Å². The number of hydrogen-bond donors (Lipinski definition) is 1. The second-order valence-electron chi connectivity index (χ2n) is 5.61. The summed E-state index contributed by atoms with van der Waals surface area (Å²) in [6, 6.07) is 3.73. The summed E-state index contributed by atoms with van der Waals surface area (Å²) >= 11 is 0. The molecule has 0 radical (unpaired) electrons. The molecule has 0 saturated heterocycles. The SMILES string of the molecule is CC(C)(C)NCc1cn(CCOc2cccnc2)nn1. The summed E-state index contributed by atoms with van der Waals surface area (Å²) in [6.07, 6.45) is 5.35. The normalized spacial score (nSPS) is 11.6. The summed E-state index contributed by atoms with van der Waals surface area (Å²) in [6.45, 7) is 8.29. The van der Waals surface area contributed by atoms with Crippen LogP contribution in [-0.2, 0) is 13.1 Å². The number of aromatic nitrogens is 4. The number of pyridine rings is 1. The van der Waals surface area contributed by atoms with E-state index in [2.05, 4.69) is 41.4 Å². The van der Waals surface area contributed by atoms with Crippen molar-refractivity contribution in [2.75, 3.05) is 6.61 Å². The fourth-order valence-electron chi connectivity index (χ4n) is 1.57. The van der Waals surface area contributed by atoms with Gasteiger partial charge in [0.2, 0.25) is 0 Å². The van der Waals surface area contributed by atoms with E-state index in [1.807, 2.05) is 18.3 Å². The second-order valence-corrected chi connectivity index (χ2v) is 5.61. The number of nitrogens with zero attached hydrogens (tertiary/aromatic N) is 4. The highest BCUT2D eigenvalue weighted by Crippen LogP contribution is 2.06. The highest BCUT2D eigenvalue weighted by Gasteiger charge is 2.10. The van der Waals surface area contributed by atoms with Gasteiger partial charge in [-0.3, -0.25) is 4.98 Å². The van der Waals surface area contributed by atoms with Crippen LogP contribution < -0.4 is 10.1 Å². The van der Waals surface area contributed by atoms with E-state index >= 15 is 0 Å². The Morgan fingerprint density at radius 2 is 2.20 bits per heavy atom. The first-order chi connectivity index (χ1) is 9.53. The van der Waals surface area contributed by atoms with Gasteiger partial charge in [0.1, 0.15) is 12.4 Å². The number of rotatable bonds is 6. The minimum absolute atomic E-state index is 0.0766. The second kappa shape index (κ2) is 6.47. The van der Waals surface area contributed by atoms with E-state index in [1.54, 1.807) is 17.1 Å². The Kier molecular flexibility index (Phi) is 4.68. The van der Waals surface area contributed by atoms with Gasteiger partial charge in [-0.05, 0) is 32.9 Å². The Morgan fingerprint density at radius 1 is 1.35 bits per heavy atom. The molecule has 6 heteroatoms. The van der Waals surface area contributed by atoms with Crippen LogP contribution in [0.1, 0.15) is 26.5 Å². The fourth-order valence-corrected chi connectivity index (χ4v) is 1.57. The molecule has 2 heterocycles. The zero-order chi connectivity index (χ0) is 14.4. The van der Waals surface area contributed by atoms with Crippen molar-refractivity contribution in [3.63, 3.8) is 0 Å². The van der Waals surface area contributed by atoms with Crippen LogP contribution in [0, 0.1) is 0 Å². The zero-order valence-corrected chi connectivity index (χ0v) is 12.2. The van der Waals surface area contributed by atoms with Crippen molar-refractivity contribution in [3.05, 3.63) is 36.4 Å². The minimum atomic E-state index is 0.0766. The smallest absolute Gasteiger partial charge is 0.137 e. The molecule has 0 aliphatic rings. The summed E-state index contributed by atoms with van der Waals surface area (Å²) < 4.78 is 7.35. The van der Waals surface area contributed by atoms with Crippen molar-refractivity contribution in [1.29, 1.82) is 0 Å². The Morgan fingerprint density at radius 3 is 2.90 bits per heavy atom. The van der Waals surface area contributed by atoms with Crippen molar-refractivity contribution in [2.24, 2.45) is 0 Å². The maximum Gasteiger partial charge on any atom is 0.137 e. The van der Waals surface area contributed by atoms with Crippen LogP contribution >= 0.6 is 0 Å². The average molecular weight is 275 g/mol. The number of nitrogens with one attached hydrogen (secondary N) is 1. The molecule has 20 heavy (non-hydrogen) atoms. The van der Waals surface area contributed by atoms with Gasteiger partial charge in [-0.1, -0.05) is 5.21 Å². The van der Waals surface area contributed by atoms with Gasteiger partial charge < -0.3 is 10.1 Å². The Balaban J connectivity index is 1.75. The van der Waals surface area contributed by atoms with Crippen LogP contribution in [0.3, 0.4) is 0 Å². The van der Waals surface area contributed by atoms with Crippen molar-refractivity contribution in [1.82, 2.24) is 25.3 Å². The maximum absolute atomic E-state index is 5.57. The minimum Gasteiger partial charge on any atom is -0.490 e. The number of ether oxygens (including phenoxy) is 1. The molecular weight excluding hydrogens is 254 g/mol. The molecule has 0 unspecified atom stereocenters. The molecule has 0 atom stereocenters. The third-order valence-electron chi connectivity index (χ3n) is 2.61. The predicted molar refractivity (Wildman–Crippen MR) is 76.3 cm³/mol. The van der Waals surface area contributed by atoms with Crippen molar-refractivity contribution in [3.8, 4) is 5.75 Å². The zero-order valence-electron chi connectivity index (χ0n) is 12.2. The Labute approximate surface area is 119 Å². The highest BCUT2D eigenvalue weighted by atomic mass is 16.5. The summed E-state index contributed by atoms with van der Waals surface area (Å²) in [7, 11) is 0. The molecule has 2 rings (SSSR count). The van der Waals surface area contributed by atoms with Gasteiger partial charge in [-0.15, -0.1) is 5.10 Å². The molecule has 0 bridgehead atoms. The maximum atomic E-state index is 5.57. The summed E-state index contributed by atoms with van der Waals surface area (Å²) in [5, 5.41) is 11.6. The third-order valence-corrected chi connectivity index (χ3v) is 2.61. The first-order valence-electron chi connectivity index (χ1n) is 6.70. The van der Waals surface area contributed by atoms with Crippen LogP contribution in [0.4, 0.5) is 0 Å². The van der Waals surface area contributed by atoms with Gasteiger partial charge in [-0.25, -0.2) is 4.68 Å². The first-order valence-corrected chi connectivity index (χ1v) is 6.70. The monoisotopic (exact) mass is 275 g/mol. The van der Waals surface area contributed by atoms with Crippen LogP contribution in [0.25, 0.3) is 0 Å². The molecule has 0 fully saturated rings. The number of hydrogen-bond acceptors (Lipinski definition) is 5. The molecule has 0 aliphatic heterocycles. The molecular formula is C14H21N5O. The van der Waals surface area contributed by atoms with Crippen LogP contribution in [-0.4, -0.2) is 32.1 Å². The van der Waals surface area contributed by atoms with Gasteiger partial charge in [0.25, 0.3) is 0 Å². The van der Waals surface area contributed by atoms with Crippen LogP contribution in [0.15, 0.2) is 30.7 Å². The Hall–Kier alpha value is -1.95. The van der Waals surface area contributed by atoms with Gasteiger partial charge >= 0.3 is 0 Å².